The number of amides is 2. The Labute approximate surface area is 188 Å². The molecule has 1 heterocycles. The fraction of sp³-hybridized carbons (Fsp3) is 0.400. The molecule has 3 rings (SSSR count). The molecular weight excluding hydrogens is 408 g/mol. The number of esters is 1. The van der Waals surface area contributed by atoms with Crippen molar-refractivity contribution in [1.82, 2.24) is 4.90 Å². The van der Waals surface area contributed by atoms with Crippen molar-refractivity contribution in [2.24, 2.45) is 5.92 Å². The Hall–Kier alpha value is -3.35. The predicted octanol–water partition coefficient (Wildman–Crippen LogP) is 3.88. The number of likely N-dealkylation sites (tertiary alicyclic amines) is 1. The van der Waals surface area contributed by atoms with Crippen LogP contribution >= 0.6 is 0 Å². The van der Waals surface area contributed by atoms with Gasteiger partial charge in [0.05, 0.1) is 19.1 Å². The van der Waals surface area contributed by atoms with Crippen molar-refractivity contribution in [2.45, 2.75) is 39.2 Å². The molecule has 1 N–H and O–H groups in total. The van der Waals surface area contributed by atoms with Crippen LogP contribution in [0.3, 0.4) is 0 Å². The van der Waals surface area contributed by atoms with E-state index in [2.05, 4.69) is 12.2 Å². The van der Waals surface area contributed by atoms with Gasteiger partial charge in [-0.2, -0.15) is 0 Å². The van der Waals surface area contributed by atoms with Crippen LogP contribution in [0, 0.1) is 12.8 Å². The summed E-state index contributed by atoms with van der Waals surface area (Å²) in [5.41, 5.74) is 2.56. The Bertz CT molecular complexity index is 940. The number of nitrogens with one attached hydrogen (secondary N) is 1. The van der Waals surface area contributed by atoms with Gasteiger partial charge in [-0.3, -0.25) is 14.4 Å². The number of benzene rings is 2. The second-order valence-corrected chi connectivity index (χ2v) is 7.99. The van der Waals surface area contributed by atoms with Crippen molar-refractivity contribution in [1.29, 1.82) is 0 Å². The summed E-state index contributed by atoms with van der Waals surface area (Å²) in [7, 11) is 1.59. The van der Waals surface area contributed by atoms with Gasteiger partial charge >= 0.3 is 5.97 Å². The van der Waals surface area contributed by atoms with Crippen LogP contribution in [0.2, 0.25) is 0 Å². The van der Waals surface area contributed by atoms with Gasteiger partial charge in [0.25, 0.3) is 5.91 Å². The fourth-order valence-electron chi connectivity index (χ4n) is 3.88. The zero-order chi connectivity index (χ0) is 23.1. The van der Waals surface area contributed by atoms with Gasteiger partial charge in [-0.25, -0.2) is 0 Å². The number of nitrogens with zero attached hydrogens (tertiary/aromatic N) is 1. The molecular formula is C25H30N2O5. The highest BCUT2D eigenvalue weighted by Crippen LogP contribution is 2.39. The molecule has 1 aliphatic heterocycles. The Morgan fingerprint density at radius 2 is 1.78 bits per heavy atom. The number of carbonyl (C=O) groups excluding carboxylic acids is 3. The summed E-state index contributed by atoms with van der Waals surface area (Å²) in [6, 6.07) is 14.3. The number of methoxy groups -OCH3 is 1. The van der Waals surface area contributed by atoms with Gasteiger partial charge in [0, 0.05) is 18.7 Å². The van der Waals surface area contributed by atoms with Crippen LogP contribution in [-0.2, 0) is 19.1 Å². The number of aryl methyl sites for hydroxylation is 1. The number of hydrogen-bond donors (Lipinski definition) is 1. The zero-order valence-corrected chi connectivity index (χ0v) is 18.8. The van der Waals surface area contributed by atoms with Gasteiger partial charge < -0.3 is 19.7 Å². The summed E-state index contributed by atoms with van der Waals surface area (Å²) in [5, 5.41) is 2.71. The second kappa shape index (κ2) is 10.8. The molecule has 2 amide bonds. The topological polar surface area (TPSA) is 84.9 Å². The molecule has 0 aromatic heterocycles. The van der Waals surface area contributed by atoms with E-state index in [-0.39, 0.29) is 12.3 Å². The molecule has 1 saturated heterocycles. The van der Waals surface area contributed by atoms with E-state index in [1.165, 1.54) is 0 Å². The van der Waals surface area contributed by atoms with Crippen LogP contribution in [0.5, 0.6) is 5.75 Å². The molecule has 170 valence electrons. The molecule has 2 aromatic rings. The number of anilines is 1. The largest absolute Gasteiger partial charge is 0.497 e. The lowest BCUT2D eigenvalue weighted by atomic mass is 9.93. The summed E-state index contributed by atoms with van der Waals surface area (Å²) in [5.74, 6) is -1.01. The average molecular weight is 439 g/mol. The van der Waals surface area contributed by atoms with Crippen LogP contribution in [0.4, 0.5) is 5.69 Å². The first kappa shape index (κ1) is 23.3. The first-order valence-corrected chi connectivity index (χ1v) is 10.9. The summed E-state index contributed by atoms with van der Waals surface area (Å²) in [6.45, 7) is 4.19. The maximum absolute atomic E-state index is 12.9. The van der Waals surface area contributed by atoms with Crippen LogP contribution in [0.1, 0.15) is 43.4 Å². The number of rotatable bonds is 9. The maximum Gasteiger partial charge on any atom is 0.312 e. The van der Waals surface area contributed by atoms with Crippen molar-refractivity contribution in [2.75, 3.05) is 25.6 Å². The number of unbranched alkanes of at least 4 members (excludes halogenated alkanes) is 1. The summed E-state index contributed by atoms with van der Waals surface area (Å²) >= 11 is 0. The molecule has 0 aliphatic carbocycles. The maximum atomic E-state index is 12.9. The van der Waals surface area contributed by atoms with Crippen LogP contribution in [0.25, 0.3) is 0 Å². The lowest BCUT2D eigenvalue weighted by Crippen LogP contribution is -2.32. The van der Waals surface area contributed by atoms with Crippen LogP contribution in [-0.4, -0.2) is 42.9 Å². The van der Waals surface area contributed by atoms with Gasteiger partial charge in [-0.15, -0.1) is 0 Å². The third-order valence-electron chi connectivity index (χ3n) is 5.63. The first-order valence-electron chi connectivity index (χ1n) is 10.9. The minimum atomic E-state index is -0.667. The molecule has 0 unspecified atom stereocenters. The highest BCUT2D eigenvalue weighted by atomic mass is 16.5. The number of carbonyl (C=O) groups is 3. The molecule has 7 nitrogen and oxygen atoms in total. The lowest BCUT2D eigenvalue weighted by molar-refractivity contribution is -0.152. The molecule has 0 radical (unpaired) electrons. The van der Waals surface area contributed by atoms with E-state index in [1.807, 2.05) is 43.3 Å². The third kappa shape index (κ3) is 5.66. The van der Waals surface area contributed by atoms with Gasteiger partial charge in [-0.1, -0.05) is 43.2 Å². The van der Waals surface area contributed by atoms with Crippen molar-refractivity contribution in [3.05, 3.63) is 59.7 Å². The average Bonchev–Trinajstić information content (AvgIpc) is 3.13. The van der Waals surface area contributed by atoms with E-state index in [0.717, 1.165) is 24.0 Å². The molecule has 2 atom stereocenters. The van der Waals surface area contributed by atoms with Crippen LogP contribution in [0.15, 0.2) is 48.5 Å². The Morgan fingerprint density at radius 1 is 1.09 bits per heavy atom. The highest BCUT2D eigenvalue weighted by Gasteiger charge is 2.45. The summed E-state index contributed by atoms with van der Waals surface area (Å²) in [6.07, 6.45) is 1.85. The molecule has 0 saturated carbocycles. The molecule has 0 spiro atoms. The fourth-order valence-corrected chi connectivity index (χ4v) is 3.88. The third-order valence-corrected chi connectivity index (χ3v) is 5.63. The van der Waals surface area contributed by atoms with Gasteiger partial charge in [0.1, 0.15) is 5.75 Å². The monoisotopic (exact) mass is 438 g/mol. The molecule has 0 bridgehead atoms. The molecule has 1 aliphatic rings. The predicted molar refractivity (Wildman–Crippen MR) is 121 cm³/mol. The van der Waals surface area contributed by atoms with E-state index in [4.69, 9.17) is 9.47 Å². The standard InChI is InChI=1S/C25H30N2O5/c1-4-5-14-27-23(29)15-21(24(27)18-8-12-20(31-3)13-9-18)25(30)32-16-22(28)26-19-10-6-17(2)7-11-19/h6-13,21,24H,4-5,14-16H2,1-3H3,(H,26,28)/t21-,24-/m0/s1. The highest BCUT2D eigenvalue weighted by molar-refractivity contribution is 5.94. The first-order chi connectivity index (χ1) is 15.4. The number of hydrogen-bond acceptors (Lipinski definition) is 5. The van der Waals surface area contributed by atoms with Crippen LogP contribution < -0.4 is 10.1 Å². The van der Waals surface area contributed by atoms with E-state index < -0.39 is 30.4 Å². The second-order valence-electron chi connectivity index (χ2n) is 7.99. The Morgan fingerprint density at radius 3 is 2.41 bits per heavy atom. The SMILES string of the molecule is CCCCN1C(=O)C[C@H](C(=O)OCC(=O)Nc2ccc(C)cc2)[C@@H]1c1ccc(OC)cc1. The summed E-state index contributed by atoms with van der Waals surface area (Å²) < 4.78 is 10.5. The Kier molecular flexibility index (Phi) is 7.87. The number of ether oxygens (including phenoxy) is 2. The lowest BCUT2D eigenvalue weighted by Gasteiger charge is -2.28. The van der Waals surface area contributed by atoms with E-state index in [9.17, 15) is 14.4 Å². The van der Waals surface area contributed by atoms with Crippen molar-refractivity contribution < 1.29 is 23.9 Å². The smallest absolute Gasteiger partial charge is 0.312 e. The van der Waals surface area contributed by atoms with Crippen molar-refractivity contribution in [3.8, 4) is 5.75 Å². The Balaban J connectivity index is 1.69. The van der Waals surface area contributed by atoms with Crippen molar-refractivity contribution >= 4 is 23.5 Å². The van der Waals surface area contributed by atoms with Crippen molar-refractivity contribution in [3.63, 3.8) is 0 Å². The molecule has 2 aromatic carbocycles. The minimum Gasteiger partial charge on any atom is -0.497 e. The molecule has 32 heavy (non-hydrogen) atoms. The summed E-state index contributed by atoms with van der Waals surface area (Å²) in [4.78, 5) is 39.6. The zero-order valence-electron chi connectivity index (χ0n) is 18.8. The van der Waals surface area contributed by atoms with Gasteiger partial charge in [0.2, 0.25) is 5.91 Å². The van der Waals surface area contributed by atoms with Gasteiger partial charge in [0.15, 0.2) is 6.61 Å². The quantitative estimate of drug-likeness (QED) is 0.601. The van der Waals surface area contributed by atoms with E-state index >= 15 is 0 Å². The van der Waals surface area contributed by atoms with E-state index in [0.29, 0.717) is 18.0 Å². The van der Waals surface area contributed by atoms with E-state index in [1.54, 1.807) is 24.1 Å². The normalized spacial score (nSPS) is 17.8. The molecule has 1 fully saturated rings. The minimum absolute atomic E-state index is 0.0683. The van der Waals surface area contributed by atoms with Gasteiger partial charge in [-0.05, 0) is 43.2 Å². The molecule has 7 heteroatoms.